The van der Waals surface area contributed by atoms with E-state index in [9.17, 15) is 4.79 Å². The molecule has 0 fully saturated rings. The van der Waals surface area contributed by atoms with Crippen LogP contribution in [0, 0.1) is 0 Å². The van der Waals surface area contributed by atoms with Crippen LogP contribution in [0.25, 0.3) is 0 Å². The normalized spacial score (nSPS) is 10.7. The van der Waals surface area contributed by atoms with Crippen LogP contribution in [0.15, 0.2) is 24.3 Å². The average molecular weight is 349 g/mol. The minimum absolute atomic E-state index is 0.0240. The van der Waals surface area contributed by atoms with Gasteiger partial charge in [0.2, 0.25) is 5.88 Å². The number of nitrogens with zero attached hydrogens (tertiary/aromatic N) is 3. The highest BCUT2D eigenvalue weighted by Crippen LogP contribution is 2.23. The van der Waals surface area contributed by atoms with Crippen LogP contribution in [0.3, 0.4) is 0 Å². The van der Waals surface area contributed by atoms with E-state index in [0.717, 1.165) is 12.8 Å². The molecular formula is C17H21ClN4O2. The highest BCUT2D eigenvalue weighted by atomic mass is 35.5. The Morgan fingerprint density at radius 2 is 2.12 bits per heavy atom. The second-order valence-corrected chi connectivity index (χ2v) is 6.00. The Morgan fingerprint density at radius 3 is 2.83 bits per heavy atom. The van der Waals surface area contributed by atoms with E-state index < -0.39 is 0 Å². The van der Waals surface area contributed by atoms with Crippen LogP contribution < -0.4 is 10.1 Å². The zero-order chi connectivity index (χ0) is 17.5. The van der Waals surface area contributed by atoms with Crippen molar-refractivity contribution in [1.82, 2.24) is 15.2 Å². The number of carbonyl (C=O) groups is 1. The van der Waals surface area contributed by atoms with E-state index in [-0.39, 0.29) is 22.7 Å². The largest absolute Gasteiger partial charge is 0.475 e. The lowest BCUT2D eigenvalue weighted by molar-refractivity contribution is 0.0975. The van der Waals surface area contributed by atoms with Gasteiger partial charge in [0.05, 0.1) is 11.8 Å². The number of anilines is 2. The maximum atomic E-state index is 12.3. The number of pyridine rings is 1. The molecule has 0 saturated carbocycles. The number of ether oxygens (including phenoxy) is 1. The molecule has 24 heavy (non-hydrogen) atoms. The number of hydrogen-bond acceptors (Lipinski definition) is 6. The van der Waals surface area contributed by atoms with Crippen molar-refractivity contribution in [2.24, 2.45) is 0 Å². The van der Waals surface area contributed by atoms with Crippen LogP contribution in [0.1, 0.15) is 50.5 Å². The van der Waals surface area contributed by atoms with Crippen molar-refractivity contribution in [2.75, 3.05) is 5.32 Å². The number of unbranched alkanes of at least 4 members (excludes halogenated alkanes) is 1. The molecule has 0 bridgehead atoms. The minimum Gasteiger partial charge on any atom is -0.475 e. The molecular weight excluding hydrogens is 328 g/mol. The quantitative estimate of drug-likeness (QED) is 0.711. The Balaban J connectivity index is 2.25. The summed E-state index contributed by atoms with van der Waals surface area (Å²) in [4.78, 5) is 16.7. The highest BCUT2D eigenvalue weighted by molar-refractivity contribution is 6.29. The topological polar surface area (TPSA) is 77.0 Å². The van der Waals surface area contributed by atoms with Crippen molar-refractivity contribution >= 4 is 28.9 Å². The standard InChI is InChI=1S/C17H21ClN4O2/c1-4-5-7-13(23)17-12(10-14(18)21-22-17)19-15-8-6-9-16(20-15)24-11(2)3/h6,8-11H,4-5,7H2,1-3H3,(H,19,20,21). The summed E-state index contributed by atoms with van der Waals surface area (Å²) in [5.74, 6) is 0.974. The van der Waals surface area contributed by atoms with E-state index in [0.29, 0.717) is 23.8 Å². The molecule has 0 unspecified atom stereocenters. The summed E-state index contributed by atoms with van der Waals surface area (Å²) < 4.78 is 5.58. The van der Waals surface area contributed by atoms with Crippen molar-refractivity contribution < 1.29 is 9.53 Å². The Morgan fingerprint density at radius 1 is 1.33 bits per heavy atom. The number of Topliss-reactive ketones (excluding diaryl/α,β-unsaturated/α-hetero) is 1. The number of nitrogens with one attached hydrogen (secondary N) is 1. The summed E-state index contributed by atoms with van der Waals surface area (Å²) in [5.41, 5.74) is 0.759. The fourth-order valence-corrected chi connectivity index (χ4v) is 2.20. The lowest BCUT2D eigenvalue weighted by Crippen LogP contribution is -2.10. The molecule has 0 aliphatic carbocycles. The molecule has 6 nitrogen and oxygen atoms in total. The summed E-state index contributed by atoms with van der Waals surface area (Å²) in [5, 5.41) is 11.0. The van der Waals surface area contributed by atoms with Crippen LogP contribution in [-0.2, 0) is 0 Å². The second kappa shape index (κ2) is 8.59. The van der Waals surface area contributed by atoms with E-state index in [1.165, 1.54) is 0 Å². The number of ketones is 1. The SMILES string of the molecule is CCCCC(=O)c1nnc(Cl)cc1Nc1cccc(OC(C)C)n1. The van der Waals surface area contributed by atoms with Gasteiger partial charge in [0, 0.05) is 18.6 Å². The van der Waals surface area contributed by atoms with E-state index >= 15 is 0 Å². The Hall–Kier alpha value is -2.21. The lowest BCUT2D eigenvalue weighted by atomic mass is 10.1. The maximum Gasteiger partial charge on any atom is 0.215 e. The molecule has 2 aromatic heterocycles. The Bertz CT molecular complexity index is 707. The molecule has 0 aliphatic heterocycles. The Labute approximate surface area is 146 Å². The van der Waals surface area contributed by atoms with Gasteiger partial charge < -0.3 is 10.1 Å². The smallest absolute Gasteiger partial charge is 0.215 e. The predicted molar refractivity (Wildman–Crippen MR) is 94.2 cm³/mol. The number of halogens is 1. The third kappa shape index (κ3) is 5.16. The molecule has 0 amide bonds. The van der Waals surface area contributed by atoms with Gasteiger partial charge in [0.25, 0.3) is 0 Å². The van der Waals surface area contributed by atoms with E-state index in [1.54, 1.807) is 18.2 Å². The summed E-state index contributed by atoms with van der Waals surface area (Å²) in [6.07, 6.45) is 2.19. The summed E-state index contributed by atoms with van der Waals surface area (Å²) in [6.45, 7) is 5.89. The van der Waals surface area contributed by atoms with Crippen LogP contribution in [-0.4, -0.2) is 27.1 Å². The van der Waals surface area contributed by atoms with Crippen LogP contribution in [0.5, 0.6) is 5.88 Å². The molecule has 2 aromatic rings. The van der Waals surface area contributed by atoms with Crippen molar-refractivity contribution in [1.29, 1.82) is 0 Å². The third-order valence-corrected chi connectivity index (χ3v) is 3.31. The van der Waals surface area contributed by atoms with Gasteiger partial charge in [-0.25, -0.2) is 0 Å². The molecule has 0 radical (unpaired) electrons. The molecule has 128 valence electrons. The second-order valence-electron chi connectivity index (χ2n) is 5.61. The molecule has 0 spiro atoms. The van der Waals surface area contributed by atoms with E-state index in [2.05, 4.69) is 20.5 Å². The lowest BCUT2D eigenvalue weighted by Gasteiger charge is -2.12. The maximum absolute atomic E-state index is 12.3. The van der Waals surface area contributed by atoms with Gasteiger partial charge in [0.15, 0.2) is 16.6 Å². The molecule has 0 atom stereocenters. The molecule has 0 aliphatic rings. The number of aromatic nitrogens is 3. The van der Waals surface area contributed by atoms with Crippen LogP contribution in [0.4, 0.5) is 11.5 Å². The average Bonchev–Trinajstić information content (AvgIpc) is 2.52. The summed E-state index contributed by atoms with van der Waals surface area (Å²) in [6, 6.07) is 6.95. The monoisotopic (exact) mass is 348 g/mol. The van der Waals surface area contributed by atoms with Crippen molar-refractivity contribution in [3.05, 3.63) is 35.1 Å². The number of rotatable bonds is 8. The van der Waals surface area contributed by atoms with E-state index in [1.807, 2.05) is 26.8 Å². The predicted octanol–water partition coefficient (Wildman–Crippen LogP) is 4.43. The minimum atomic E-state index is -0.0712. The summed E-state index contributed by atoms with van der Waals surface area (Å²) in [7, 11) is 0. The number of carbonyl (C=O) groups excluding carboxylic acids is 1. The van der Waals surface area contributed by atoms with Crippen LogP contribution in [0.2, 0.25) is 5.15 Å². The molecule has 0 aromatic carbocycles. The van der Waals surface area contributed by atoms with Crippen LogP contribution >= 0.6 is 11.6 Å². The molecule has 0 saturated heterocycles. The van der Waals surface area contributed by atoms with E-state index in [4.69, 9.17) is 16.3 Å². The van der Waals surface area contributed by atoms with Crippen molar-refractivity contribution in [3.8, 4) is 5.88 Å². The fourth-order valence-electron chi connectivity index (χ4n) is 2.05. The first-order valence-corrected chi connectivity index (χ1v) is 8.34. The molecule has 1 N–H and O–H groups in total. The number of hydrogen-bond donors (Lipinski definition) is 1. The molecule has 2 heterocycles. The first-order valence-electron chi connectivity index (χ1n) is 7.96. The fraction of sp³-hybridized carbons (Fsp3) is 0.412. The van der Waals surface area contributed by atoms with Gasteiger partial charge in [-0.15, -0.1) is 10.2 Å². The summed E-state index contributed by atoms with van der Waals surface area (Å²) >= 11 is 5.92. The first kappa shape index (κ1) is 18.1. The van der Waals surface area contributed by atoms with Gasteiger partial charge in [-0.2, -0.15) is 4.98 Å². The zero-order valence-corrected chi connectivity index (χ0v) is 14.8. The van der Waals surface area contributed by atoms with Gasteiger partial charge in [-0.1, -0.05) is 31.0 Å². The van der Waals surface area contributed by atoms with Gasteiger partial charge in [-0.3, -0.25) is 4.79 Å². The molecule has 2 rings (SSSR count). The first-order chi connectivity index (χ1) is 11.5. The highest BCUT2D eigenvalue weighted by Gasteiger charge is 2.15. The van der Waals surface area contributed by atoms with Crippen molar-refractivity contribution in [2.45, 2.75) is 46.1 Å². The molecule has 7 heteroatoms. The van der Waals surface area contributed by atoms with Gasteiger partial charge >= 0.3 is 0 Å². The van der Waals surface area contributed by atoms with Crippen molar-refractivity contribution in [3.63, 3.8) is 0 Å². The zero-order valence-electron chi connectivity index (χ0n) is 14.0. The van der Waals surface area contributed by atoms with Gasteiger partial charge in [-0.05, 0) is 26.3 Å². The third-order valence-electron chi connectivity index (χ3n) is 3.13. The Kier molecular flexibility index (Phi) is 6.49. The van der Waals surface area contributed by atoms with Gasteiger partial charge in [0.1, 0.15) is 5.82 Å².